The topological polar surface area (TPSA) is 43.1 Å². The molecule has 0 atom stereocenters. The summed E-state index contributed by atoms with van der Waals surface area (Å²) in [6, 6.07) is 0. The number of rotatable bonds is 0. The fraction of sp³-hybridized carbons (Fsp3) is 0. The molecular formula is H2AlNO2. The van der Waals surface area contributed by atoms with Crippen LogP contribution in [0.15, 0.2) is 0 Å². The van der Waals surface area contributed by atoms with Crippen LogP contribution in [-0.4, -0.2) is 20.4 Å². The van der Waals surface area contributed by atoms with Crippen LogP contribution in [0.3, 0.4) is 0 Å². The zero-order valence-corrected chi connectivity index (χ0v) is 4.26. The van der Waals surface area contributed by atoms with E-state index >= 15 is 0 Å². The van der Waals surface area contributed by atoms with Crippen molar-refractivity contribution in [3.8, 4) is 0 Å². The van der Waals surface area contributed by atoms with Crippen LogP contribution in [0, 0.1) is 10.1 Å². The highest BCUT2D eigenvalue weighted by Gasteiger charge is 1.67. The zero-order valence-electron chi connectivity index (χ0n) is 2.26. The third-order valence-corrected chi connectivity index (χ3v) is 0. The van der Waals surface area contributed by atoms with Gasteiger partial charge in [0, 0.05) is 0 Å². The van der Waals surface area contributed by atoms with Gasteiger partial charge in [-0.25, -0.2) is 0 Å². The van der Waals surface area contributed by atoms with Gasteiger partial charge < -0.3 is 10.1 Å². The standard InChI is InChI=1S/Al.NO2.2H/c;2-1-3;;. The van der Waals surface area contributed by atoms with Gasteiger partial charge in [-0.1, -0.05) is 0 Å². The maximum Gasteiger partial charge on any atom is 0.759 e. The largest absolute Gasteiger partial charge is 0.759 e. The predicted molar refractivity (Wildman–Crippen MR) is 15.5 cm³/mol. The molecule has 0 aliphatic rings. The molecular weight excluding hydrogens is 73.0 g/mol. The first-order chi connectivity index (χ1) is 1.73. The summed E-state index contributed by atoms with van der Waals surface area (Å²) in [4.78, 5) is 8.87. The van der Waals surface area contributed by atoms with Gasteiger partial charge >= 0.3 is 16.5 Å². The molecule has 0 fully saturated rings. The van der Waals surface area contributed by atoms with Crippen molar-refractivity contribution in [2.24, 2.45) is 0 Å². The predicted octanol–water partition coefficient (Wildman–Crippen LogP) is -1.19. The number of nitro groups is 1. The molecule has 0 unspecified atom stereocenters. The van der Waals surface area contributed by atoms with Gasteiger partial charge in [0.2, 0.25) is 0 Å². The molecule has 0 spiro atoms. The lowest BCUT2D eigenvalue weighted by Crippen LogP contribution is -1.83. The van der Waals surface area contributed by atoms with Gasteiger partial charge in [0.25, 0.3) is 0 Å². The van der Waals surface area contributed by atoms with Crippen LogP contribution >= 0.6 is 0 Å². The molecule has 0 aliphatic heterocycles. The third kappa shape index (κ3) is 368. The molecule has 4 heavy (non-hydrogen) atoms. The number of nitrogens with zero attached hydrogens (tertiary/aromatic N) is 1. The minimum atomic E-state index is -0.361. The highest BCUT2D eigenvalue weighted by atomic mass is 27.1. The second-order valence-electron chi connectivity index (χ2n) is 0.440. The second kappa shape index (κ2) is 1.27. The molecule has 0 rings (SSSR count). The first-order valence-corrected chi connectivity index (χ1v) is 1.71. The summed E-state index contributed by atoms with van der Waals surface area (Å²) < 4.78 is -0.361. The van der Waals surface area contributed by atoms with Gasteiger partial charge in [-0.05, 0) is 0 Å². The van der Waals surface area contributed by atoms with Crippen LogP contribution in [0.1, 0.15) is 0 Å². The Morgan fingerprint density at radius 3 is 2.00 bits per heavy atom. The third-order valence-electron chi connectivity index (χ3n) is 0. The van der Waals surface area contributed by atoms with E-state index < -0.39 is 0 Å². The molecule has 0 aliphatic carbocycles. The normalized spacial score (nSPS) is 6.00. The highest BCUT2D eigenvalue weighted by molar-refractivity contribution is 5.95. The molecule has 0 aromatic rings. The van der Waals surface area contributed by atoms with Gasteiger partial charge in [-0.15, -0.1) is 0 Å². The van der Waals surface area contributed by atoms with Gasteiger partial charge in [0.1, 0.15) is 0 Å². The van der Waals surface area contributed by atoms with Gasteiger partial charge in [0.15, 0.2) is 0 Å². The molecule has 0 saturated carbocycles. The Bertz CT molecular complexity index is 29.0. The second-order valence-corrected chi connectivity index (χ2v) is 1.17. The Kier molecular flexibility index (Phi) is 1.25. The molecule has 0 bridgehead atoms. The highest BCUT2D eigenvalue weighted by Crippen LogP contribution is 1.36. The van der Waals surface area contributed by atoms with Crippen LogP contribution in [-0.2, 0) is 0 Å². The molecule has 4 heteroatoms. The smallest absolute Gasteiger partial charge is 0.326 e. The first-order valence-electron chi connectivity index (χ1n) is 0.812. The van der Waals surface area contributed by atoms with E-state index in [2.05, 4.69) is 0 Å². The fourth-order valence-corrected chi connectivity index (χ4v) is 0. The zero-order chi connectivity index (χ0) is 3.58. The summed E-state index contributed by atoms with van der Waals surface area (Å²) in [7, 11) is 0. The van der Waals surface area contributed by atoms with E-state index in [1.165, 1.54) is 0 Å². The minimum absolute atomic E-state index is 0.0710. The first kappa shape index (κ1) is 3.93. The molecule has 0 N–H and O–H groups in total. The van der Waals surface area contributed by atoms with Crippen LogP contribution in [0.2, 0.25) is 0 Å². The van der Waals surface area contributed by atoms with Crippen LogP contribution in [0.25, 0.3) is 0 Å². The summed E-state index contributed by atoms with van der Waals surface area (Å²) in [5.41, 5.74) is 0. The lowest BCUT2D eigenvalue weighted by Gasteiger charge is -1.68. The molecule has 22 valence electrons. The summed E-state index contributed by atoms with van der Waals surface area (Å²) in [6.45, 7) is 0. The van der Waals surface area contributed by atoms with Crippen LogP contribution in [0.5, 0.6) is 0 Å². The van der Waals surface area contributed by atoms with Crippen molar-refractivity contribution in [3.05, 3.63) is 10.1 Å². The van der Waals surface area contributed by atoms with E-state index in [-0.39, 0.29) is 20.4 Å². The van der Waals surface area contributed by atoms with E-state index in [0.717, 1.165) is 0 Å². The van der Waals surface area contributed by atoms with Crippen LogP contribution in [0.4, 0.5) is 0 Å². The molecule has 0 aromatic heterocycles. The van der Waals surface area contributed by atoms with Gasteiger partial charge in [-0.3, -0.25) is 0 Å². The Hall–Kier alpha value is -0.0675. The van der Waals surface area contributed by atoms with Crippen molar-refractivity contribution in [3.63, 3.8) is 0 Å². The number of hydrogen-bond donors (Lipinski definition) is 0. The van der Waals surface area contributed by atoms with E-state index in [0.29, 0.717) is 0 Å². The van der Waals surface area contributed by atoms with E-state index in [1.54, 1.807) is 0 Å². The Balaban J connectivity index is 2.80. The van der Waals surface area contributed by atoms with Crippen molar-refractivity contribution in [1.29, 1.82) is 0 Å². The molecule has 0 radical (unpaired) electrons. The SMILES string of the molecule is O=[N+]([O-])[AlH2]. The molecule has 0 saturated heterocycles. The maximum absolute atomic E-state index is 8.87. The van der Waals surface area contributed by atoms with E-state index in [4.69, 9.17) is 10.1 Å². The lowest BCUT2D eigenvalue weighted by molar-refractivity contribution is -0.312. The van der Waals surface area contributed by atoms with Crippen molar-refractivity contribution >= 4 is 16.5 Å². The van der Waals surface area contributed by atoms with Crippen molar-refractivity contribution in [2.45, 2.75) is 0 Å². The molecule has 0 heterocycles. The van der Waals surface area contributed by atoms with E-state index in [9.17, 15) is 0 Å². The molecule has 3 nitrogen and oxygen atoms in total. The Morgan fingerprint density at radius 2 is 2.00 bits per heavy atom. The Labute approximate surface area is 31.4 Å². The summed E-state index contributed by atoms with van der Waals surface area (Å²) >= 11 is 0.0710. The summed E-state index contributed by atoms with van der Waals surface area (Å²) in [5.74, 6) is 0. The molecule has 0 aromatic carbocycles. The number of hydrogen-bond acceptors (Lipinski definition) is 2. The van der Waals surface area contributed by atoms with Gasteiger partial charge in [0.05, 0.1) is 0 Å². The Morgan fingerprint density at radius 1 is 2.00 bits per heavy atom. The lowest BCUT2D eigenvalue weighted by atomic mass is 13.4. The monoisotopic (exact) mass is 75.0 g/mol. The summed E-state index contributed by atoms with van der Waals surface area (Å²) in [5, 5.41) is 8.87. The maximum atomic E-state index is 8.87. The average molecular weight is 75.0 g/mol. The molecule has 0 amide bonds. The van der Waals surface area contributed by atoms with Crippen molar-refractivity contribution in [2.75, 3.05) is 0 Å². The van der Waals surface area contributed by atoms with E-state index in [1.807, 2.05) is 0 Å². The minimum Gasteiger partial charge on any atom is -0.326 e. The quantitative estimate of drug-likeness (QED) is 0.206. The fourth-order valence-electron chi connectivity index (χ4n) is 0. The summed E-state index contributed by atoms with van der Waals surface area (Å²) in [6.07, 6.45) is 0. The van der Waals surface area contributed by atoms with Crippen molar-refractivity contribution < 1.29 is 3.91 Å². The van der Waals surface area contributed by atoms with Gasteiger partial charge in [-0.2, -0.15) is 3.91 Å². The van der Waals surface area contributed by atoms with Crippen LogP contribution < -0.4 is 0 Å². The van der Waals surface area contributed by atoms with Crippen molar-refractivity contribution in [1.82, 2.24) is 0 Å². The average Bonchev–Trinajstić information content (AvgIpc) is 0.811.